The van der Waals surface area contributed by atoms with Crippen molar-refractivity contribution in [1.82, 2.24) is 0 Å². The summed E-state index contributed by atoms with van der Waals surface area (Å²) in [5.74, 6) is 0.721. The number of rotatable bonds is 4. The molecule has 0 amide bonds. The fraction of sp³-hybridized carbons (Fsp3) is 0.250. The molecule has 0 unspecified atom stereocenters. The molecule has 1 N–H and O–H groups in total. The lowest BCUT2D eigenvalue weighted by Gasteiger charge is -2.15. The van der Waals surface area contributed by atoms with Gasteiger partial charge in [-0.25, -0.2) is 0 Å². The highest BCUT2D eigenvalue weighted by Gasteiger charge is 2.10. The second-order valence-electron chi connectivity index (χ2n) is 4.68. The molecule has 0 bridgehead atoms. The van der Waals surface area contributed by atoms with Crippen molar-refractivity contribution in [2.75, 3.05) is 0 Å². The molecule has 0 atom stereocenters. The van der Waals surface area contributed by atoms with Crippen molar-refractivity contribution in [3.63, 3.8) is 0 Å². The van der Waals surface area contributed by atoms with Crippen LogP contribution in [0.25, 0.3) is 0 Å². The topological polar surface area (TPSA) is 29.5 Å². The lowest BCUT2D eigenvalue weighted by molar-refractivity contribution is 0.258. The molecule has 0 aliphatic carbocycles. The van der Waals surface area contributed by atoms with Gasteiger partial charge < -0.3 is 9.84 Å². The second-order valence-corrected chi connectivity index (χ2v) is 5.52. The molecule has 2 aromatic carbocycles. The fourth-order valence-electron chi connectivity index (χ4n) is 1.96. The molecule has 0 aliphatic heterocycles. The molecule has 0 fully saturated rings. The Labute approximate surface area is 128 Å². The summed E-state index contributed by atoms with van der Waals surface area (Å²) < 4.78 is 5.86. The van der Waals surface area contributed by atoms with Crippen molar-refractivity contribution in [3.8, 4) is 5.75 Å². The second kappa shape index (κ2) is 6.49. The number of aliphatic hydroxyl groups excluding tert-OH is 1. The van der Waals surface area contributed by atoms with Crippen molar-refractivity contribution in [3.05, 3.63) is 62.6 Å². The number of aliphatic hydroxyl groups is 1. The van der Waals surface area contributed by atoms with Crippen LogP contribution in [0.1, 0.15) is 22.3 Å². The Balaban J connectivity index is 2.24. The summed E-state index contributed by atoms with van der Waals surface area (Å²) >= 11 is 12.0. The number of aryl methyl sites for hydroxylation is 1. The van der Waals surface area contributed by atoms with E-state index in [1.54, 1.807) is 12.1 Å². The van der Waals surface area contributed by atoms with Crippen LogP contribution in [-0.2, 0) is 13.2 Å². The normalized spacial score (nSPS) is 10.7. The largest absolute Gasteiger partial charge is 0.488 e. The predicted octanol–water partition coefficient (Wildman–Crippen LogP) is 4.68. The van der Waals surface area contributed by atoms with Crippen LogP contribution in [0.4, 0.5) is 0 Å². The zero-order valence-corrected chi connectivity index (χ0v) is 12.9. The third kappa shape index (κ3) is 3.26. The average Bonchev–Trinajstić information content (AvgIpc) is 2.42. The van der Waals surface area contributed by atoms with Crippen molar-refractivity contribution in [2.45, 2.75) is 27.1 Å². The van der Waals surface area contributed by atoms with Crippen LogP contribution in [0.15, 0.2) is 30.3 Å². The maximum absolute atomic E-state index is 9.40. The Kier molecular flexibility index (Phi) is 4.92. The van der Waals surface area contributed by atoms with E-state index in [0.29, 0.717) is 16.7 Å². The summed E-state index contributed by atoms with van der Waals surface area (Å²) in [5, 5.41) is 10.6. The lowest BCUT2D eigenvalue weighted by atomic mass is 10.0. The first-order valence-electron chi connectivity index (χ1n) is 6.29. The number of benzene rings is 2. The molecular weight excluding hydrogens is 295 g/mol. The van der Waals surface area contributed by atoms with E-state index in [1.165, 1.54) is 0 Å². The average molecular weight is 311 g/mol. The lowest BCUT2D eigenvalue weighted by Crippen LogP contribution is -2.02. The summed E-state index contributed by atoms with van der Waals surface area (Å²) in [7, 11) is 0. The third-order valence-electron chi connectivity index (χ3n) is 3.32. The van der Waals surface area contributed by atoms with Crippen LogP contribution in [0.2, 0.25) is 10.0 Å². The summed E-state index contributed by atoms with van der Waals surface area (Å²) in [5.41, 5.74) is 3.79. The van der Waals surface area contributed by atoms with Gasteiger partial charge in [0.15, 0.2) is 0 Å². The molecule has 20 heavy (non-hydrogen) atoms. The van der Waals surface area contributed by atoms with Gasteiger partial charge in [-0.1, -0.05) is 41.4 Å². The van der Waals surface area contributed by atoms with Crippen LogP contribution in [0.5, 0.6) is 5.75 Å². The molecule has 2 nitrogen and oxygen atoms in total. The van der Waals surface area contributed by atoms with Gasteiger partial charge in [-0.3, -0.25) is 0 Å². The van der Waals surface area contributed by atoms with Crippen molar-refractivity contribution < 1.29 is 9.84 Å². The molecular formula is C16H16Cl2O2. The van der Waals surface area contributed by atoms with E-state index in [2.05, 4.69) is 0 Å². The van der Waals surface area contributed by atoms with E-state index in [-0.39, 0.29) is 6.61 Å². The van der Waals surface area contributed by atoms with Crippen LogP contribution >= 0.6 is 23.2 Å². The minimum Gasteiger partial charge on any atom is -0.488 e. The smallest absolute Gasteiger partial charge is 0.128 e. The van der Waals surface area contributed by atoms with Gasteiger partial charge in [0, 0.05) is 21.2 Å². The molecule has 0 saturated carbocycles. The first-order valence-corrected chi connectivity index (χ1v) is 7.05. The first kappa shape index (κ1) is 15.2. The molecule has 0 saturated heterocycles. The van der Waals surface area contributed by atoms with Gasteiger partial charge in [-0.2, -0.15) is 0 Å². The molecule has 0 aromatic heterocycles. The molecule has 0 spiro atoms. The van der Waals surface area contributed by atoms with E-state index < -0.39 is 0 Å². The quantitative estimate of drug-likeness (QED) is 0.888. The summed E-state index contributed by atoms with van der Waals surface area (Å²) in [6, 6.07) is 9.17. The van der Waals surface area contributed by atoms with E-state index in [0.717, 1.165) is 28.0 Å². The summed E-state index contributed by atoms with van der Waals surface area (Å²) in [6.07, 6.45) is 0. The monoisotopic (exact) mass is 310 g/mol. The van der Waals surface area contributed by atoms with E-state index >= 15 is 0 Å². The number of halogens is 2. The minimum atomic E-state index is -0.0508. The highest BCUT2D eigenvalue weighted by Crippen LogP contribution is 2.29. The van der Waals surface area contributed by atoms with Crippen LogP contribution < -0.4 is 4.74 Å². The zero-order valence-electron chi connectivity index (χ0n) is 11.4. The molecule has 2 rings (SSSR count). The Morgan fingerprint density at radius 2 is 1.75 bits per heavy atom. The van der Waals surface area contributed by atoms with Gasteiger partial charge in [-0.05, 0) is 37.1 Å². The summed E-state index contributed by atoms with van der Waals surface area (Å²) in [4.78, 5) is 0. The van der Waals surface area contributed by atoms with Gasteiger partial charge in [0.1, 0.15) is 12.4 Å². The number of hydrogen-bond donors (Lipinski definition) is 1. The van der Waals surface area contributed by atoms with Crippen LogP contribution in [0.3, 0.4) is 0 Å². The Morgan fingerprint density at radius 1 is 1.05 bits per heavy atom. The third-order valence-corrected chi connectivity index (χ3v) is 3.90. The van der Waals surface area contributed by atoms with Gasteiger partial charge in [0.2, 0.25) is 0 Å². The predicted molar refractivity (Wildman–Crippen MR) is 82.6 cm³/mol. The number of hydrogen-bond acceptors (Lipinski definition) is 2. The summed E-state index contributed by atoms with van der Waals surface area (Å²) in [6.45, 7) is 4.28. The molecule has 0 aliphatic rings. The fourth-order valence-corrected chi connectivity index (χ4v) is 2.42. The Morgan fingerprint density at radius 3 is 2.40 bits per heavy atom. The van der Waals surface area contributed by atoms with E-state index in [9.17, 15) is 5.11 Å². The highest BCUT2D eigenvalue weighted by molar-refractivity contribution is 6.35. The van der Waals surface area contributed by atoms with E-state index in [4.69, 9.17) is 27.9 Å². The molecule has 106 valence electrons. The van der Waals surface area contributed by atoms with Gasteiger partial charge in [-0.15, -0.1) is 0 Å². The number of ether oxygens (including phenoxy) is 1. The first-order chi connectivity index (χ1) is 9.52. The van der Waals surface area contributed by atoms with E-state index in [1.807, 2.05) is 32.0 Å². The minimum absolute atomic E-state index is 0.0508. The van der Waals surface area contributed by atoms with Crippen molar-refractivity contribution in [2.24, 2.45) is 0 Å². The maximum Gasteiger partial charge on any atom is 0.128 e. The zero-order chi connectivity index (χ0) is 14.7. The SMILES string of the molecule is Cc1ccc(CO)c(OCc2ccc(Cl)cc2Cl)c1C. The van der Waals surface area contributed by atoms with Crippen molar-refractivity contribution in [1.29, 1.82) is 0 Å². The molecule has 0 radical (unpaired) electrons. The Bertz CT molecular complexity index is 624. The van der Waals surface area contributed by atoms with Gasteiger partial charge >= 0.3 is 0 Å². The molecule has 4 heteroatoms. The highest BCUT2D eigenvalue weighted by atomic mass is 35.5. The van der Waals surface area contributed by atoms with Crippen LogP contribution in [-0.4, -0.2) is 5.11 Å². The standard InChI is InChI=1S/C16H16Cl2O2/c1-10-3-4-12(8-19)16(11(10)2)20-9-13-5-6-14(17)7-15(13)18/h3-7,19H,8-9H2,1-2H3. The molecule has 0 heterocycles. The molecule has 2 aromatic rings. The Hall–Kier alpha value is -1.22. The van der Waals surface area contributed by atoms with Gasteiger partial charge in [0.05, 0.1) is 6.61 Å². The maximum atomic E-state index is 9.40. The van der Waals surface area contributed by atoms with Crippen molar-refractivity contribution >= 4 is 23.2 Å². The van der Waals surface area contributed by atoms with Crippen LogP contribution in [0, 0.1) is 13.8 Å². The van der Waals surface area contributed by atoms with Gasteiger partial charge in [0.25, 0.3) is 0 Å².